The van der Waals surface area contributed by atoms with Crippen molar-refractivity contribution in [2.75, 3.05) is 13.1 Å². The molecule has 0 unspecified atom stereocenters. The second-order valence-electron chi connectivity index (χ2n) is 7.32. The Morgan fingerprint density at radius 3 is 2.30 bits per heavy atom. The number of carboxylic acids is 1. The number of para-hydroxylation sites is 1. The van der Waals surface area contributed by atoms with Crippen LogP contribution in [0.1, 0.15) is 37.3 Å². The van der Waals surface area contributed by atoms with Crippen LogP contribution in [0.15, 0.2) is 64.1 Å². The highest BCUT2D eigenvalue weighted by molar-refractivity contribution is 7.89. The number of rotatable bonds is 11. The number of carbonyl (C=O) groups is 1. The van der Waals surface area contributed by atoms with Gasteiger partial charge in [0, 0.05) is 31.0 Å². The van der Waals surface area contributed by atoms with Crippen LogP contribution in [0, 0.1) is 0 Å². The summed E-state index contributed by atoms with van der Waals surface area (Å²) < 4.78 is 33.3. The summed E-state index contributed by atoms with van der Waals surface area (Å²) in [6.07, 6.45) is 2.78. The first-order chi connectivity index (χ1) is 14.4. The van der Waals surface area contributed by atoms with E-state index in [2.05, 4.69) is 0 Å². The van der Waals surface area contributed by atoms with Gasteiger partial charge < -0.3 is 9.52 Å². The van der Waals surface area contributed by atoms with E-state index in [-0.39, 0.29) is 11.5 Å². The molecule has 0 aliphatic carbocycles. The number of benzene rings is 2. The normalized spacial score (nSPS) is 11.9. The first-order valence-corrected chi connectivity index (χ1v) is 11.6. The maximum atomic E-state index is 13.1. The van der Waals surface area contributed by atoms with Gasteiger partial charge in [0.2, 0.25) is 5.09 Å². The van der Waals surface area contributed by atoms with Gasteiger partial charge in [-0.3, -0.25) is 4.79 Å². The maximum Gasteiger partial charge on any atom is 0.303 e. The van der Waals surface area contributed by atoms with Crippen LogP contribution in [0.4, 0.5) is 0 Å². The molecule has 0 bridgehead atoms. The number of hydrogen-bond donors (Lipinski definition) is 1. The van der Waals surface area contributed by atoms with Crippen LogP contribution in [0.25, 0.3) is 11.0 Å². The van der Waals surface area contributed by atoms with E-state index in [4.69, 9.17) is 9.52 Å². The van der Waals surface area contributed by atoms with Gasteiger partial charge in [0.05, 0.1) is 0 Å². The lowest BCUT2D eigenvalue weighted by atomic mass is 10.0. The fraction of sp³-hybridized carbons (Fsp3) is 0.348. The summed E-state index contributed by atoms with van der Waals surface area (Å²) in [6, 6.07) is 16.7. The zero-order valence-corrected chi connectivity index (χ0v) is 17.9. The molecule has 0 aliphatic heterocycles. The van der Waals surface area contributed by atoms with Gasteiger partial charge >= 0.3 is 5.97 Å². The zero-order valence-electron chi connectivity index (χ0n) is 17.1. The third-order valence-corrected chi connectivity index (χ3v) is 6.75. The standard InChI is InChI=1S/C23H27NO5S/c1-2-15-24(30(27,28)23-17-20-7-3-4-8-21(20)29-23)16-5-6-18-9-11-19(12-10-18)13-14-22(25)26/h3-4,7-12,17H,2,5-6,13-16H2,1H3,(H,25,26). The molecule has 0 saturated carbocycles. The number of hydrogen-bond acceptors (Lipinski definition) is 4. The Morgan fingerprint density at radius 2 is 1.67 bits per heavy atom. The third-order valence-electron chi connectivity index (χ3n) is 4.99. The Bertz CT molecular complexity index is 1050. The van der Waals surface area contributed by atoms with E-state index in [0.717, 1.165) is 29.4 Å². The molecule has 6 nitrogen and oxygen atoms in total. The molecule has 3 rings (SSSR count). The van der Waals surface area contributed by atoms with Crippen molar-refractivity contribution in [3.05, 3.63) is 65.7 Å². The predicted molar refractivity (Wildman–Crippen MR) is 116 cm³/mol. The molecule has 0 atom stereocenters. The highest BCUT2D eigenvalue weighted by atomic mass is 32.2. The Morgan fingerprint density at radius 1 is 1.00 bits per heavy atom. The van der Waals surface area contributed by atoms with Crippen LogP contribution < -0.4 is 0 Å². The smallest absolute Gasteiger partial charge is 0.303 e. The van der Waals surface area contributed by atoms with E-state index >= 15 is 0 Å². The number of nitrogens with zero attached hydrogens (tertiary/aromatic N) is 1. The molecule has 7 heteroatoms. The monoisotopic (exact) mass is 429 g/mol. The van der Waals surface area contributed by atoms with Crippen molar-refractivity contribution in [2.24, 2.45) is 0 Å². The van der Waals surface area contributed by atoms with Gasteiger partial charge in [0.1, 0.15) is 5.58 Å². The minimum Gasteiger partial charge on any atom is -0.481 e. The average Bonchev–Trinajstić information content (AvgIpc) is 3.18. The fourth-order valence-electron chi connectivity index (χ4n) is 3.40. The molecule has 2 aromatic carbocycles. The molecule has 0 spiro atoms. The van der Waals surface area contributed by atoms with Crippen LogP contribution in [-0.2, 0) is 27.7 Å². The Labute approximate surface area is 177 Å². The molecular formula is C23H27NO5S. The van der Waals surface area contributed by atoms with Crippen molar-refractivity contribution in [3.63, 3.8) is 0 Å². The number of sulfonamides is 1. The Hall–Kier alpha value is -2.64. The number of aryl methyl sites for hydroxylation is 2. The summed E-state index contributed by atoms with van der Waals surface area (Å²) in [5.74, 6) is -0.805. The molecule has 1 aromatic heterocycles. The van der Waals surface area contributed by atoms with Gasteiger partial charge in [0.15, 0.2) is 0 Å². The van der Waals surface area contributed by atoms with Crippen molar-refractivity contribution < 1.29 is 22.7 Å². The van der Waals surface area contributed by atoms with Crippen molar-refractivity contribution in [3.8, 4) is 0 Å². The van der Waals surface area contributed by atoms with Crippen LogP contribution in [0.5, 0.6) is 0 Å². The van der Waals surface area contributed by atoms with Gasteiger partial charge in [-0.05, 0) is 42.9 Å². The van der Waals surface area contributed by atoms with Crippen LogP contribution >= 0.6 is 0 Å². The summed E-state index contributed by atoms with van der Waals surface area (Å²) in [5.41, 5.74) is 2.66. The van der Waals surface area contributed by atoms with E-state index in [0.29, 0.717) is 31.5 Å². The Balaban J connectivity index is 1.63. The SMILES string of the molecule is CCCN(CCCc1ccc(CCC(=O)O)cc1)S(=O)(=O)c1cc2ccccc2o1. The minimum atomic E-state index is -3.69. The molecule has 1 N–H and O–H groups in total. The number of carboxylic acid groups (broad SMARTS) is 1. The summed E-state index contributed by atoms with van der Waals surface area (Å²) in [4.78, 5) is 10.7. The topological polar surface area (TPSA) is 87.8 Å². The lowest BCUT2D eigenvalue weighted by Gasteiger charge is -2.20. The molecule has 0 saturated heterocycles. The number of aliphatic carboxylic acids is 1. The van der Waals surface area contributed by atoms with E-state index in [9.17, 15) is 13.2 Å². The molecule has 0 fully saturated rings. The maximum absolute atomic E-state index is 13.1. The van der Waals surface area contributed by atoms with Crippen molar-refractivity contribution >= 4 is 27.0 Å². The molecule has 30 heavy (non-hydrogen) atoms. The molecule has 0 radical (unpaired) electrons. The van der Waals surface area contributed by atoms with E-state index < -0.39 is 16.0 Å². The van der Waals surface area contributed by atoms with Gasteiger partial charge in [-0.2, -0.15) is 4.31 Å². The fourth-order valence-corrected chi connectivity index (χ4v) is 4.91. The summed E-state index contributed by atoms with van der Waals surface area (Å²) in [6.45, 7) is 2.80. The van der Waals surface area contributed by atoms with Crippen LogP contribution in [-0.4, -0.2) is 36.9 Å². The van der Waals surface area contributed by atoms with Gasteiger partial charge in [-0.1, -0.05) is 49.4 Å². The van der Waals surface area contributed by atoms with Crippen molar-refractivity contribution in [2.45, 2.75) is 44.1 Å². The Kier molecular flexibility index (Phi) is 7.29. The quantitative estimate of drug-likeness (QED) is 0.485. The zero-order chi connectivity index (χ0) is 21.6. The van der Waals surface area contributed by atoms with Crippen LogP contribution in [0.2, 0.25) is 0 Å². The van der Waals surface area contributed by atoms with E-state index in [1.54, 1.807) is 12.1 Å². The summed E-state index contributed by atoms with van der Waals surface area (Å²) in [5, 5.41) is 9.53. The van der Waals surface area contributed by atoms with Gasteiger partial charge in [0.25, 0.3) is 10.0 Å². The predicted octanol–water partition coefficient (Wildman–Crippen LogP) is 4.48. The number of furan rings is 1. The first kappa shape index (κ1) is 22.1. The lowest BCUT2D eigenvalue weighted by molar-refractivity contribution is -0.136. The van der Waals surface area contributed by atoms with Gasteiger partial charge in [-0.25, -0.2) is 8.42 Å². The van der Waals surface area contributed by atoms with E-state index in [1.165, 1.54) is 4.31 Å². The molecular weight excluding hydrogens is 402 g/mol. The average molecular weight is 430 g/mol. The highest BCUT2D eigenvalue weighted by Gasteiger charge is 2.27. The molecule has 1 heterocycles. The molecule has 3 aromatic rings. The molecule has 160 valence electrons. The van der Waals surface area contributed by atoms with Crippen molar-refractivity contribution in [1.29, 1.82) is 0 Å². The lowest BCUT2D eigenvalue weighted by Crippen LogP contribution is -2.32. The highest BCUT2D eigenvalue weighted by Crippen LogP contribution is 2.25. The number of fused-ring (bicyclic) bond motifs is 1. The van der Waals surface area contributed by atoms with Crippen molar-refractivity contribution in [1.82, 2.24) is 4.31 Å². The summed E-state index contributed by atoms with van der Waals surface area (Å²) >= 11 is 0. The van der Waals surface area contributed by atoms with Crippen LogP contribution in [0.3, 0.4) is 0 Å². The third kappa shape index (κ3) is 5.49. The minimum absolute atomic E-state index is 0.0140. The molecule has 0 aliphatic rings. The van der Waals surface area contributed by atoms with E-state index in [1.807, 2.05) is 49.4 Å². The first-order valence-electron chi connectivity index (χ1n) is 10.2. The van der Waals surface area contributed by atoms with Gasteiger partial charge in [-0.15, -0.1) is 0 Å². The largest absolute Gasteiger partial charge is 0.481 e. The molecule has 0 amide bonds. The second kappa shape index (κ2) is 9.91. The summed E-state index contributed by atoms with van der Waals surface area (Å²) in [7, 11) is -3.69. The second-order valence-corrected chi connectivity index (χ2v) is 9.19.